The smallest absolute Gasteiger partial charge is 0.379 e. The predicted molar refractivity (Wildman–Crippen MR) is 147 cm³/mol. The van der Waals surface area contributed by atoms with Crippen molar-refractivity contribution in [2.45, 2.75) is 25.1 Å². The first kappa shape index (κ1) is 24.0. The number of H-pyrrole nitrogens is 2. The van der Waals surface area contributed by atoms with E-state index < -0.39 is 11.7 Å². The van der Waals surface area contributed by atoms with E-state index in [-0.39, 0.29) is 17.2 Å². The number of hydrogen-bond acceptors (Lipinski definition) is 4. The molecule has 0 radical (unpaired) electrons. The summed E-state index contributed by atoms with van der Waals surface area (Å²) >= 11 is 0. The zero-order valence-corrected chi connectivity index (χ0v) is 21.0. The van der Waals surface area contributed by atoms with Gasteiger partial charge in [-0.15, -0.1) is 0 Å². The van der Waals surface area contributed by atoms with E-state index >= 15 is 0 Å². The Labute approximate surface area is 221 Å². The second-order valence-electron chi connectivity index (χ2n) is 10.5. The van der Waals surface area contributed by atoms with E-state index in [0.717, 1.165) is 49.6 Å². The van der Waals surface area contributed by atoms with E-state index in [2.05, 4.69) is 20.2 Å². The van der Waals surface area contributed by atoms with Crippen LogP contribution in [0.2, 0.25) is 0 Å². The fourth-order valence-electron chi connectivity index (χ4n) is 6.20. The Kier molecular flexibility index (Phi) is 5.52. The van der Waals surface area contributed by atoms with Crippen LogP contribution in [0.4, 0.5) is 18.9 Å². The molecule has 39 heavy (non-hydrogen) atoms. The molecule has 1 atom stereocenters. The van der Waals surface area contributed by atoms with E-state index in [0.29, 0.717) is 39.5 Å². The minimum atomic E-state index is -4.49. The van der Waals surface area contributed by atoms with Crippen molar-refractivity contribution in [3.8, 4) is 22.5 Å². The average Bonchev–Trinajstić information content (AvgIpc) is 3.37. The van der Waals surface area contributed by atoms with E-state index in [4.69, 9.17) is 4.98 Å². The molecule has 3 aromatic carbocycles. The topological polar surface area (TPSA) is 76.8 Å². The lowest BCUT2D eigenvalue weighted by Crippen LogP contribution is -2.53. The molecule has 5 heterocycles. The number of benzene rings is 3. The predicted octanol–water partition coefficient (Wildman–Crippen LogP) is 6.26. The van der Waals surface area contributed by atoms with Gasteiger partial charge >= 0.3 is 6.18 Å². The van der Waals surface area contributed by atoms with E-state index in [1.165, 1.54) is 12.1 Å². The van der Waals surface area contributed by atoms with E-state index in [1.54, 1.807) is 24.3 Å². The first-order valence-corrected chi connectivity index (χ1v) is 13.2. The number of nitrogens with zero attached hydrogens (tertiary/aromatic N) is 2. The van der Waals surface area contributed by atoms with Gasteiger partial charge in [-0.25, -0.2) is 4.98 Å². The van der Waals surface area contributed by atoms with Gasteiger partial charge < -0.3 is 20.2 Å². The molecule has 3 aliphatic rings. The molecule has 2 aromatic heterocycles. The highest BCUT2D eigenvalue weighted by Crippen LogP contribution is 2.40. The normalized spacial score (nSPS) is 21.1. The fraction of sp³-hybridized carbons (Fsp3) is 0.267. The Morgan fingerprint density at radius 1 is 0.923 bits per heavy atom. The third kappa shape index (κ3) is 4.17. The summed E-state index contributed by atoms with van der Waals surface area (Å²) < 4.78 is 41.7. The van der Waals surface area contributed by atoms with Crippen LogP contribution < -0.4 is 10.9 Å². The minimum Gasteiger partial charge on any atom is -0.379 e. The maximum Gasteiger partial charge on any atom is 0.417 e. The first-order chi connectivity index (χ1) is 18.8. The number of rotatable bonds is 4. The Bertz CT molecular complexity index is 1730. The van der Waals surface area contributed by atoms with Crippen LogP contribution in [-0.2, 0) is 6.18 Å². The second kappa shape index (κ2) is 8.98. The van der Waals surface area contributed by atoms with Gasteiger partial charge in [-0.05, 0) is 73.3 Å². The number of para-hydroxylation sites is 2. The molecule has 5 aromatic rings. The van der Waals surface area contributed by atoms with Crippen LogP contribution in [-0.4, -0.2) is 45.5 Å². The molecule has 2 bridgehead atoms. The van der Waals surface area contributed by atoms with Crippen LogP contribution >= 0.6 is 0 Å². The van der Waals surface area contributed by atoms with Gasteiger partial charge in [0.05, 0.1) is 27.8 Å². The molecule has 3 N–H and O–H groups in total. The van der Waals surface area contributed by atoms with Crippen LogP contribution in [0.15, 0.2) is 71.5 Å². The first-order valence-electron chi connectivity index (χ1n) is 13.2. The molecule has 198 valence electrons. The molecule has 3 saturated heterocycles. The number of pyridine rings is 1. The van der Waals surface area contributed by atoms with Crippen molar-refractivity contribution in [1.29, 1.82) is 0 Å². The van der Waals surface area contributed by atoms with Crippen LogP contribution in [0.25, 0.3) is 44.5 Å². The van der Waals surface area contributed by atoms with Gasteiger partial charge in [0, 0.05) is 18.0 Å². The lowest BCUT2D eigenvalue weighted by Gasteiger charge is -2.45. The number of nitrogens with one attached hydrogen (secondary N) is 3. The summed E-state index contributed by atoms with van der Waals surface area (Å²) in [6.45, 7) is 2.98. The average molecular weight is 530 g/mol. The van der Waals surface area contributed by atoms with Gasteiger partial charge in [0.25, 0.3) is 5.56 Å². The SMILES string of the molecule is O=c1[nH]c2ccc(-c3ccccc3C(F)(F)F)cc2c(N[C@H]2CN3CCC2CC3)c1-c1nc2ccccc2[nH]1. The summed E-state index contributed by atoms with van der Waals surface area (Å²) in [7, 11) is 0. The largest absolute Gasteiger partial charge is 0.417 e. The fourth-order valence-corrected chi connectivity index (χ4v) is 6.20. The highest BCUT2D eigenvalue weighted by Gasteiger charge is 2.36. The third-order valence-corrected chi connectivity index (χ3v) is 8.17. The summed E-state index contributed by atoms with van der Waals surface area (Å²) in [6.07, 6.45) is -2.35. The highest BCUT2D eigenvalue weighted by atomic mass is 19.4. The number of imidazole rings is 1. The highest BCUT2D eigenvalue weighted by molar-refractivity contribution is 6.01. The van der Waals surface area contributed by atoms with Crippen molar-refractivity contribution in [2.24, 2.45) is 5.92 Å². The Hall–Kier alpha value is -4.11. The number of fused-ring (bicyclic) bond motifs is 5. The van der Waals surface area contributed by atoms with Crippen molar-refractivity contribution in [2.75, 3.05) is 25.0 Å². The third-order valence-electron chi connectivity index (χ3n) is 8.17. The molecule has 9 heteroatoms. The molecule has 0 aliphatic carbocycles. The number of hydrogen-bond donors (Lipinski definition) is 3. The maximum atomic E-state index is 13.9. The quantitative estimate of drug-likeness (QED) is 0.257. The molecule has 0 saturated carbocycles. The summed E-state index contributed by atoms with van der Waals surface area (Å²) in [5, 5.41) is 4.34. The lowest BCUT2D eigenvalue weighted by molar-refractivity contribution is -0.137. The van der Waals surface area contributed by atoms with E-state index in [1.807, 2.05) is 24.3 Å². The maximum absolute atomic E-state index is 13.9. The Morgan fingerprint density at radius 2 is 1.69 bits per heavy atom. The summed E-state index contributed by atoms with van der Waals surface area (Å²) in [4.78, 5) is 26.9. The number of piperidine rings is 3. The van der Waals surface area contributed by atoms with Crippen LogP contribution in [0.3, 0.4) is 0 Å². The zero-order valence-electron chi connectivity index (χ0n) is 21.0. The Balaban J connectivity index is 1.46. The van der Waals surface area contributed by atoms with Crippen LogP contribution in [0.5, 0.6) is 0 Å². The molecule has 3 aliphatic heterocycles. The van der Waals surface area contributed by atoms with Crippen molar-refractivity contribution in [3.63, 3.8) is 0 Å². The summed E-state index contributed by atoms with van der Waals surface area (Å²) in [5.41, 5.74) is 2.55. The molecule has 3 fully saturated rings. The van der Waals surface area contributed by atoms with Crippen molar-refractivity contribution in [1.82, 2.24) is 19.9 Å². The molecular weight excluding hydrogens is 503 g/mol. The molecule has 6 nitrogen and oxygen atoms in total. The molecule has 0 unspecified atom stereocenters. The molecule has 0 amide bonds. The second-order valence-corrected chi connectivity index (χ2v) is 10.5. The summed E-state index contributed by atoms with van der Waals surface area (Å²) in [5.74, 6) is 0.881. The van der Waals surface area contributed by atoms with Gasteiger partial charge in [0.1, 0.15) is 11.4 Å². The number of halogens is 3. The number of anilines is 1. The molecule has 8 rings (SSSR count). The van der Waals surface area contributed by atoms with E-state index in [9.17, 15) is 18.0 Å². The van der Waals surface area contributed by atoms with Gasteiger partial charge in [0.2, 0.25) is 0 Å². The number of aromatic amines is 2. The van der Waals surface area contributed by atoms with Gasteiger partial charge in [-0.2, -0.15) is 13.2 Å². The summed E-state index contributed by atoms with van der Waals surface area (Å²) in [6, 6.07) is 18.3. The van der Waals surface area contributed by atoms with Gasteiger partial charge in [-0.1, -0.05) is 36.4 Å². The minimum absolute atomic E-state index is 0.0946. The van der Waals surface area contributed by atoms with Gasteiger partial charge in [0.15, 0.2) is 0 Å². The number of aromatic nitrogens is 3. The van der Waals surface area contributed by atoms with Crippen LogP contribution in [0, 0.1) is 5.92 Å². The van der Waals surface area contributed by atoms with Crippen molar-refractivity contribution < 1.29 is 13.2 Å². The molecule has 0 spiro atoms. The monoisotopic (exact) mass is 529 g/mol. The Morgan fingerprint density at radius 3 is 2.44 bits per heavy atom. The lowest BCUT2D eigenvalue weighted by atomic mass is 9.83. The van der Waals surface area contributed by atoms with Crippen molar-refractivity contribution in [3.05, 3.63) is 82.6 Å². The van der Waals surface area contributed by atoms with Crippen LogP contribution in [0.1, 0.15) is 18.4 Å². The number of alkyl halides is 3. The molecular formula is C30H26F3N5O. The zero-order chi connectivity index (χ0) is 26.7. The van der Waals surface area contributed by atoms with Gasteiger partial charge in [-0.3, -0.25) is 4.79 Å². The van der Waals surface area contributed by atoms with Crippen molar-refractivity contribution >= 4 is 27.6 Å². The standard InChI is InChI=1S/C30H26F3N5O/c31-30(32,33)21-6-2-1-5-19(21)18-9-10-22-20(15-18)27(34-25-16-38-13-11-17(25)12-14-38)26(29(39)37-22)28-35-23-7-3-4-8-24(23)36-28/h1-10,15,17,25H,11-14,16H2,(H,35,36)(H2,34,37,39)/t25-/m0/s1.